The number of aromatic nitrogens is 1. The number of nitrogens with zero attached hydrogens (tertiary/aromatic N) is 2. The molecule has 88 valence electrons. The molecule has 1 unspecified atom stereocenters. The number of nitrogens with two attached hydrogens (primary N) is 1. The van der Waals surface area contributed by atoms with Gasteiger partial charge in [0.15, 0.2) is 5.84 Å². The fourth-order valence-corrected chi connectivity index (χ4v) is 1.18. The molecule has 0 spiro atoms. The number of oxime groups is 1. The molecule has 16 heavy (non-hydrogen) atoms. The summed E-state index contributed by atoms with van der Waals surface area (Å²) in [7, 11) is 0. The minimum absolute atomic E-state index is 0.00310. The Kier molecular flexibility index (Phi) is 4.72. The largest absolute Gasteiger partial charge is 0.409 e. The van der Waals surface area contributed by atoms with Crippen molar-refractivity contribution in [3.8, 4) is 0 Å². The van der Waals surface area contributed by atoms with Gasteiger partial charge in [0.25, 0.3) is 0 Å². The van der Waals surface area contributed by atoms with Gasteiger partial charge in [0.05, 0.1) is 12.7 Å². The summed E-state index contributed by atoms with van der Waals surface area (Å²) in [4.78, 5) is 4.06. The van der Waals surface area contributed by atoms with Crippen molar-refractivity contribution in [3.63, 3.8) is 0 Å². The second-order valence-corrected chi connectivity index (χ2v) is 3.53. The van der Waals surface area contributed by atoms with Gasteiger partial charge in [0.2, 0.25) is 0 Å². The first-order chi connectivity index (χ1) is 7.69. The zero-order valence-corrected chi connectivity index (χ0v) is 9.55. The van der Waals surface area contributed by atoms with Gasteiger partial charge in [0, 0.05) is 11.8 Å². The molecule has 0 aliphatic heterocycles. The van der Waals surface area contributed by atoms with Gasteiger partial charge in [-0.05, 0) is 19.4 Å². The number of hydrogen-bond donors (Lipinski definition) is 2. The second-order valence-electron chi connectivity index (χ2n) is 3.53. The van der Waals surface area contributed by atoms with Crippen LogP contribution in [0.25, 0.3) is 0 Å². The van der Waals surface area contributed by atoms with E-state index in [0.29, 0.717) is 12.3 Å². The minimum atomic E-state index is 0.00310. The predicted molar refractivity (Wildman–Crippen MR) is 61.3 cm³/mol. The lowest BCUT2D eigenvalue weighted by molar-refractivity contribution is 0.0506. The molecule has 0 saturated heterocycles. The van der Waals surface area contributed by atoms with E-state index in [0.717, 1.165) is 12.0 Å². The van der Waals surface area contributed by atoms with Gasteiger partial charge in [-0.15, -0.1) is 0 Å². The number of pyridine rings is 1. The number of hydrogen-bond acceptors (Lipinski definition) is 4. The van der Waals surface area contributed by atoms with Crippen molar-refractivity contribution in [1.29, 1.82) is 0 Å². The highest BCUT2D eigenvalue weighted by Gasteiger charge is 2.09. The summed E-state index contributed by atoms with van der Waals surface area (Å²) in [6, 6.07) is 3.65. The molecular weight excluding hydrogens is 206 g/mol. The van der Waals surface area contributed by atoms with Gasteiger partial charge in [-0.25, -0.2) is 0 Å². The molecule has 1 aromatic heterocycles. The highest BCUT2D eigenvalue weighted by molar-refractivity contribution is 5.96. The Morgan fingerprint density at radius 2 is 2.44 bits per heavy atom. The topological polar surface area (TPSA) is 80.7 Å². The molecule has 0 bridgehead atoms. The summed E-state index contributed by atoms with van der Waals surface area (Å²) in [5.74, 6) is 0.00310. The van der Waals surface area contributed by atoms with Gasteiger partial charge < -0.3 is 15.7 Å². The average molecular weight is 223 g/mol. The SMILES string of the molecule is CCC(C)OCc1cccnc1C(N)=NO. The van der Waals surface area contributed by atoms with Crippen LogP contribution in [0.4, 0.5) is 0 Å². The van der Waals surface area contributed by atoms with Crippen LogP contribution in [0.2, 0.25) is 0 Å². The highest BCUT2D eigenvalue weighted by Crippen LogP contribution is 2.09. The smallest absolute Gasteiger partial charge is 0.189 e. The monoisotopic (exact) mass is 223 g/mol. The Hall–Kier alpha value is -1.62. The summed E-state index contributed by atoms with van der Waals surface area (Å²) in [6.45, 7) is 4.46. The molecule has 0 aromatic carbocycles. The van der Waals surface area contributed by atoms with Crippen LogP contribution in [0.15, 0.2) is 23.5 Å². The maximum absolute atomic E-state index is 8.62. The van der Waals surface area contributed by atoms with Crippen LogP contribution >= 0.6 is 0 Å². The van der Waals surface area contributed by atoms with Crippen LogP contribution in [0.5, 0.6) is 0 Å². The summed E-state index contributed by atoms with van der Waals surface area (Å²) >= 11 is 0. The molecule has 5 heteroatoms. The van der Waals surface area contributed by atoms with Crippen molar-refractivity contribution in [2.45, 2.75) is 33.0 Å². The fraction of sp³-hybridized carbons (Fsp3) is 0.455. The Labute approximate surface area is 94.9 Å². The number of rotatable bonds is 5. The van der Waals surface area contributed by atoms with E-state index in [9.17, 15) is 0 Å². The van der Waals surface area contributed by atoms with E-state index in [1.807, 2.05) is 13.0 Å². The van der Waals surface area contributed by atoms with E-state index in [1.54, 1.807) is 12.3 Å². The van der Waals surface area contributed by atoms with Crippen molar-refractivity contribution in [1.82, 2.24) is 4.98 Å². The Balaban J connectivity index is 2.79. The summed E-state index contributed by atoms with van der Waals surface area (Å²) < 4.78 is 5.58. The molecule has 0 radical (unpaired) electrons. The van der Waals surface area contributed by atoms with Gasteiger partial charge in [-0.2, -0.15) is 0 Å². The second kappa shape index (κ2) is 6.07. The number of amidine groups is 1. The zero-order chi connectivity index (χ0) is 12.0. The molecule has 0 aliphatic carbocycles. The van der Waals surface area contributed by atoms with Crippen LogP contribution in [-0.4, -0.2) is 22.1 Å². The molecule has 1 rings (SSSR count). The van der Waals surface area contributed by atoms with Crippen molar-refractivity contribution >= 4 is 5.84 Å². The Morgan fingerprint density at radius 3 is 3.06 bits per heavy atom. The molecule has 3 N–H and O–H groups in total. The zero-order valence-electron chi connectivity index (χ0n) is 9.55. The van der Waals surface area contributed by atoms with Crippen molar-refractivity contribution in [3.05, 3.63) is 29.6 Å². The van der Waals surface area contributed by atoms with E-state index in [1.165, 1.54) is 0 Å². The van der Waals surface area contributed by atoms with Crippen LogP contribution in [-0.2, 0) is 11.3 Å². The average Bonchev–Trinajstić information content (AvgIpc) is 2.35. The Bertz CT molecular complexity index is 366. The van der Waals surface area contributed by atoms with Crippen molar-refractivity contribution in [2.24, 2.45) is 10.9 Å². The lowest BCUT2D eigenvalue weighted by Gasteiger charge is -2.12. The molecule has 0 fully saturated rings. The third-order valence-electron chi connectivity index (χ3n) is 2.34. The lowest BCUT2D eigenvalue weighted by Crippen LogP contribution is -2.18. The van der Waals surface area contributed by atoms with E-state index >= 15 is 0 Å². The third kappa shape index (κ3) is 3.20. The van der Waals surface area contributed by atoms with Crippen LogP contribution in [0, 0.1) is 0 Å². The lowest BCUT2D eigenvalue weighted by atomic mass is 10.2. The van der Waals surface area contributed by atoms with Crippen LogP contribution in [0.3, 0.4) is 0 Å². The molecule has 1 aromatic rings. The third-order valence-corrected chi connectivity index (χ3v) is 2.34. The molecule has 0 amide bonds. The van der Waals surface area contributed by atoms with Gasteiger partial charge in [-0.3, -0.25) is 4.98 Å². The summed E-state index contributed by atoms with van der Waals surface area (Å²) in [6.07, 6.45) is 2.72. The van der Waals surface area contributed by atoms with Crippen molar-refractivity contribution in [2.75, 3.05) is 0 Å². The molecule has 5 nitrogen and oxygen atoms in total. The van der Waals surface area contributed by atoms with Crippen LogP contribution < -0.4 is 5.73 Å². The van der Waals surface area contributed by atoms with Gasteiger partial charge >= 0.3 is 0 Å². The van der Waals surface area contributed by atoms with E-state index in [-0.39, 0.29) is 11.9 Å². The fourth-order valence-electron chi connectivity index (χ4n) is 1.18. The first-order valence-electron chi connectivity index (χ1n) is 5.22. The predicted octanol–water partition coefficient (Wildman–Crippen LogP) is 1.49. The highest BCUT2D eigenvalue weighted by atomic mass is 16.5. The van der Waals surface area contributed by atoms with E-state index < -0.39 is 0 Å². The molecule has 1 atom stereocenters. The first-order valence-corrected chi connectivity index (χ1v) is 5.22. The normalized spacial score (nSPS) is 13.8. The Morgan fingerprint density at radius 1 is 1.69 bits per heavy atom. The summed E-state index contributed by atoms with van der Waals surface area (Å²) in [5, 5.41) is 11.6. The molecule has 0 aliphatic rings. The van der Waals surface area contributed by atoms with Gasteiger partial charge in [0.1, 0.15) is 5.69 Å². The molecule has 1 heterocycles. The minimum Gasteiger partial charge on any atom is -0.409 e. The van der Waals surface area contributed by atoms with Crippen LogP contribution in [0.1, 0.15) is 31.5 Å². The maximum Gasteiger partial charge on any atom is 0.189 e. The quantitative estimate of drug-likeness (QED) is 0.343. The standard InChI is InChI=1S/C11H17N3O2/c1-3-8(2)16-7-9-5-4-6-13-10(9)11(12)14-15/h4-6,8,15H,3,7H2,1-2H3,(H2,12,14). The van der Waals surface area contributed by atoms with E-state index in [2.05, 4.69) is 17.1 Å². The molecular formula is C11H17N3O2. The molecule has 0 saturated carbocycles. The van der Waals surface area contributed by atoms with Gasteiger partial charge in [-0.1, -0.05) is 18.1 Å². The maximum atomic E-state index is 8.62. The first kappa shape index (κ1) is 12.4. The number of ether oxygens (including phenoxy) is 1. The summed E-state index contributed by atoms with van der Waals surface area (Å²) in [5.41, 5.74) is 6.80. The van der Waals surface area contributed by atoms with Crippen molar-refractivity contribution < 1.29 is 9.94 Å². The van der Waals surface area contributed by atoms with E-state index in [4.69, 9.17) is 15.7 Å².